The van der Waals surface area contributed by atoms with Gasteiger partial charge >= 0.3 is 17.9 Å². The molecule has 2 spiro atoms. The first-order valence-corrected chi connectivity index (χ1v) is 28.2. The molecule has 0 aromatic carbocycles. The van der Waals surface area contributed by atoms with Crippen molar-refractivity contribution in [3.63, 3.8) is 0 Å². The lowest BCUT2D eigenvalue weighted by Gasteiger charge is -2.50. The highest BCUT2D eigenvalue weighted by Crippen LogP contribution is 2.60. The number of aliphatic hydroxyl groups is 2. The van der Waals surface area contributed by atoms with Gasteiger partial charge in [-0.05, 0) is 102 Å². The third-order valence-electron chi connectivity index (χ3n) is 16.7. The molecule has 0 amide bonds. The number of fused-ring (bicyclic) bond motifs is 2. The number of aliphatic carboxylic acids is 1. The van der Waals surface area contributed by atoms with Gasteiger partial charge in [0.25, 0.3) is 0 Å². The van der Waals surface area contributed by atoms with Crippen molar-refractivity contribution >= 4 is 23.6 Å². The Morgan fingerprint density at radius 2 is 1.70 bits per heavy atom. The zero-order valence-electron chi connectivity index (χ0n) is 48.4. The number of carbonyl (C=O) groups excluding carboxylic acids is 2. The molecular formula is C63H87NO15. The van der Waals surface area contributed by atoms with Crippen molar-refractivity contribution in [2.24, 2.45) is 34.7 Å². The Morgan fingerprint density at radius 1 is 0.987 bits per heavy atom. The minimum Gasteiger partial charge on any atom is -0.478 e. The van der Waals surface area contributed by atoms with Crippen molar-refractivity contribution in [2.75, 3.05) is 27.4 Å². The fourth-order valence-corrected chi connectivity index (χ4v) is 12.7. The Hall–Kier alpha value is -5.04. The Kier molecular flexibility index (Phi) is 20.5. The van der Waals surface area contributed by atoms with E-state index in [9.17, 15) is 24.6 Å². The molecule has 6 heterocycles. The molecule has 16 nitrogen and oxygen atoms in total. The lowest BCUT2D eigenvalue weighted by atomic mass is 9.68. The van der Waals surface area contributed by atoms with Crippen LogP contribution in [0.5, 0.6) is 0 Å². The molecule has 0 unspecified atom stereocenters. The van der Waals surface area contributed by atoms with E-state index in [1.165, 1.54) is 23.3 Å². The second kappa shape index (κ2) is 26.3. The lowest BCUT2D eigenvalue weighted by molar-refractivity contribution is -0.313. The van der Waals surface area contributed by atoms with E-state index in [0.29, 0.717) is 55.8 Å². The molecule has 8 rings (SSSR count). The van der Waals surface area contributed by atoms with Crippen LogP contribution in [0.3, 0.4) is 0 Å². The summed E-state index contributed by atoms with van der Waals surface area (Å²) in [6.45, 7) is 21.5. The van der Waals surface area contributed by atoms with Crippen molar-refractivity contribution in [2.45, 2.75) is 192 Å². The van der Waals surface area contributed by atoms with E-state index in [0.717, 1.165) is 36.6 Å². The van der Waals surface area contributed by atoms with Crippen LogP contribution in [-0.2, 0) is 57.1 Å². The van der Waals surface area contributed by atoms with Crippen molar-refractivity contribution < 1.29 is 72.4 Å². The second-order valence-corrected chi connectivity index (χ2v) is 23.7. The first kappa shape index (κ1) is 61.6. The summed E-state index contributed by atoms with van der Waals surface area (Å²) < 4.78 is 49.8. The molecule has 434 valence electrons. The van der Waals surface area contributed by atoms with E-state index in [1.54, 1.807) is 57.6 Å². The van der Waals surface area contributed by atoms with Gasteiger partial charge < -0.3 is 58.1 Å². The van der Waals surface area contributed by atoms with Gasteiger partial charge in [-0.25, -0.2) is 9.59 Å². The molecule has 2 aliphatic carbocycles. The summed E-state index contributed by atoms with van der Waals surface area (Å²) in [7, 11) is 3.20. The number of esters is 2. The number of ether oxygens (including phenoxy) is 8. The Bertz CT molecular complexity index is 2560. The molecule has 1 saturated carbocycles. The number of carboxylic acids is 1. The number of carbonyl (C=O) groups is 3. The number of allylic oxidation sites excluding steroid dienone is 12. The molecule has 2 bridgehead atoms. The number of rotatable bonds is 13. The summed E-state index contributed by atoms with van der Waals surface area (Å²) in [6.07, 6.45) is 27.4. The monoisotopic (exact) mass is 1100 g/mol. The van der Waals surface area contributed by atoms with Gasteiger partial charge in [-0.2, -0.15) is 0 Å². The molecule has 0 aromatic rings. The van der Waals surface area contributed by atoms with Crippen molar-refractivity contribution in [1.82, 2.24) is 0 Å². The van der Waals surface area contributed by atoms with Gasteiger partial charge in [0, 0.05) is 44.4 Å². The average molecular weight is 1100 g/mol. The van der Waals surface area contributed by atoms with Crippen molar-refractivity contribution in [3.05, 3.63) is 119 Å². The Balaban J connectivity index is 0.000000242. The molecule has 0 radical (unpaired) electrons. The van der Waals surface area contributed by atoms with Crippen LogP contribution < -0.4 is 0 Å². The fraction of sp³-hybridized carbons (Fsp3) is 0.619. The van der Waals surface area contributed by atoms with Crippen LogP contribution in [-0.4, -0.2) is 138 Å². The van der Waals surface area contributed by atoms with Crippen LogP contribution >= 0.6 is 0 Å². The maximum absolute atomic E-state index is 14.2. The van der Waals surface area contributed by atoms with Gasteiger partial charge in [0.1, 0.15) is 60.4 Å². The summed E-state index contributed by atoms with van der Waals surface area (Å²) in [5, 5.41) is 36.1. The third-order valence-corrected chi connectivity index (χ3v) is 16.7. The van der Waals surface area contributed by atoms with Gasteiger partial charge in [0.2, 0.25) is 0 Å². The number of methoxy groups -OCH3 is 1. The lowest BCUT2D eigenvalue weighted by Crippen LogP contribution is -2.59. The maximum atomic E-state index is 14.2. The zero-order chi connectivity index (χ0) is 57.5. The van der Waals surface area contributed by atoms with E-state index in [4.69, 9.17) is 47.8 Å². The van der Waals surface area contributed by atoms with Crippen LogP contribution in [0, 0.1) is 29.6 Å². The summed E-state index contributed by atoms with van der Waals surface area (Å²) in [5.41, 5.74) is 3.19. The fourth-order valence-electron chi connectivity index (χ4n) is 12.7. The molecule has 16 atom stereocenters. The highest BCUT2D eigenvalue weighted by molar-refractivity contribution is 5.88. The molecule has 0 aromatic heterocycles. The number of hydrogen-bond acceptors (Lipinski definition) is 15. The number of epoxide rings is 2. The molecule has 8 aliphatic rings. The number of nitrogens with zero attached hydrogens (tertiary/aromatic N) is 1. The highest BCUT2D eigenvalue weighted by Gasteiger charge is 2.72. The predicted molar refractivity (Wildman–Crippen MR) is 299 cm³/mol. The van der Waals surface area contributed by atoms with E-state index < -0.39 is 53.5 Å². The smallest absolute Gasteiger partial charge is 0.331 e. The van der Waals surface area contributed by atoms with Crippen LogP contribution in [0.1, 0.15) is 121 Å². The van der Waals surface area contributed by atoms with E-state index >= 15 is 0 Å². The molecule has 5 saturated heterocycles. The SMILES string of the molecule is CO/N=C1\C[C@]2(C[C@@H]3C[C@@H](C/C=C(\C)C[C@@H](C)/C=C/C=C4\CO[C@@H]5[C@H](O)C(C)=C[C@@H](C(=O)O3)[C@]45O)O2)O[C@H](/C(C)=C/C(C)C)[C@H]1C.CO[C@@H]1[C@H](OC(=O)/C=C/C=C/C=C/C=C/C(=O)O)CC[C@]2(CO2)[C@H]1[C@@]1(C)O[C@@H]1CC=C(C)C. The zero-order valence-corrected chi connectivity index (χ0v) is 48.4. The summed E-state index contributed by atoms with van der Waals surface area (Å²) in [6, 6.07) is 0. The number of aliphatic hydroxyl groups excluding tert-OH is 1. The largest absolute Gasteiger partial charge is 0.478 e. The van der Waals surface area contributed by atoms with E-state index in [-0.39, 0.29) is 66.1 Å². The third kappa shape index (κ3) is 14.7. The summed E-state index contributed by atoms with van der Waals surface area (Å²) in [4.78, 5) is 42.2. The summed E-state index contributed by atoms with van der Waals surface area (Å²) in [5.74, 6) is -3.60. The van der Waals surface area contributed by atoms with Gasteiger partial charge in [0.15, 0.2) is 5.79 Å². The van der Waals surface area contributed by atoms with Crippen LogP contribution in [0.4, 0.5) is 0 Å². The van der Waals surface area contributed by atoms with Gasteiger partial charge in [0.05, 0.1) is 43.2 Å². The van der Waals surface area contributed by atoms with E-state index in [2.05, 4.69) is 91.8 Å². The van der Waals surface area contributed by atoms with Crippen LogP contribution in [0.2, 0.25) is 0 Å². The molecule has 6 fully saturated rings. The highest BCUT2D eigenvalue weighted by atomic mass is 16.7. The quantitative estimate of drug-likeness (QED) is 0.0391. The topological polar surface area (TPSA) is 214 Å². The Labute approximate surface area is 467 Å². The van der Waals surface area contributed by atoms with Gasteiger partial charge in [-0.15, -0.1) is 0 Å². The maximum Gasteiger partial charge on any atom is 0.331 e. The van der Waals surface area contributed by atoms with E-state index in [1.807, 2.05) is 12.2 Å². The second-order valence-electron chi connectivity index (χ2n) is 23.7. The normalized spacial score (nSPS) is 40.8. The molecule has 16 heteroatoms. The van der Waals surface area contributed by atoms with Crippen molar-refractivity contribution in [3.8, 4) is 0 Å². The Morgan fingerprint density at radius 3 is 2.35 bits per heavy atom. The first-order valence-electron chi connectivity index (χ1n) is 28.2. The minimum absolute atomic E-state index is 0.00928. The standard InChI is InChI=1S/C37H53NO8.C26H34O7/c1-21(2)14-25(6)33-26(7)31(38-42-8)19-36(46-33)18-29-17-28(45-36)13-12-23(4)15-22(3)10-9-11-27-20-43-34-32(39)24(5)16-30(35(40)44-29)37(27,34)41;1-18(2)13-14-20-25(3,33-20)24-23(30-4)19(15-16-26(24)17-31-26)32-22(29)12-10-8-6-5-7-9-11-21(27)28/h9-12,14,16,21-22,26,28-30,32-34,39,41H,13,15,17-20H2,1-8H3;5-13,19-20,23-24H,14-17H2,1-4H3,(H,27,28)/b10-9+,23-12+,25-14+,27-11+,38-31+;7-5+,8-6+,11-9+,12-10+/t22-,26-,28+,29-,30-,32+,33+,34+,36-,37+;19-,20-,23-,24-,25+,26+/m01/s1. The molecule has 79 heavy (non-hydrogen) atoms. The number of hydrogen-bond donors (Lipinski definition) is 3. The minimum atomic E-state index is -1.74. The number of oxime groups is 1. The molecular weight excluding hydrogens is 1010 g/mol. The van der Waals surface area contributed by atoms with Gasteiger partial charge in [-0.3, -0.25) is 4.79 Å². The van der Waals surface area contributed by atoms with Gasteiger partial charge in [-0.1, -0.05) is 123 Å². The number of carboxylic acid groups (broad SMARTS) is 1. The first-order chi connectivity index (χ1) is 37.5. The van der Waals surface area contributed by atoms with Crippen LogP contribution in [0.15, 0.2) is 124 Å². The average Bonchev–Trinajstić information content (AvgIpc) is 3.25. The van der Waals surface area contributed by atoms with Crippen molar-refractivity contribution in [1.29, 1.82) is 0 Å². The summed E-state index contributed by atoms with van der Waals surface area (Å²) >= 11 is 0. The van der Waals surface area contributed by atoms with Crippen LogP contribution in [0.25, 0.3) is 0 Å². The molecule has 3 N–H and O–H groups in total. The molecule has 6 aliphatic heterocycles. The predicted octanol–water partition coefficient (Wildman–Crippen LogP) is 9.64.